The fraction of sp³-hybridized carbons (Fsp3) is 0. The summed E-state index contributed by atoms with van der Waals surface area (Å²) in [4.78, 5) is 11.9. The number of hydrogen-bond acceptors (Lipinski definition) is 3. The minimum absolute atomic E-state index is 0.181. The van der Waals surface area contributed by atoms with Crippen molar-refractivity contribution < 1.29 is 17.6 Å². The summed E-state index contributed by atoms with van der Waals surface area (Å²) < 4.78 is 40.5. The Morgan fingerprint density at radius 1 is 0.821 bits per heavy atom. The predicted molar refractivity (Wildman–Crippen MR) is 108 cm³/mol. The highest BCUT2D eigenvalue weighted by Gasteiger charge is 2.16. The molecular formula is C19H15ClFN3O3S. The van der Waals surface area contributed by atoms with E-state index in [1.165, 1.54) is 12.1 Å². The normalized spacial score (nSPS) is 10.9. The highest BCUT2D eigenvalue weighted by atomic mass is 35.5. The molecule has 144 valence electrons. The second-order valence-electron chi connectivity index (χ2n) is 5.71. The molecule has 28 heavy (non-hydrogen) atoms. The van der Waals surface area contributed by atoms with Gasteiger partial charge in [-0.2, -0.15) is 0 Å². The number of carbonyl (C=O) groups excluding carboxylic acids is 1. The molecule has 9 heteroatoms. The number of carbonyl (C=O) groups is 1. The third-order valence-electron chi connectivity index (χ3n) is 3.61. The molecule has 0 spiro atoms. The van der Waals surface area contributed by atoms with E-state index in [-0.39, 0.29) is 15.6 Å². The average molecular weight is 420 g/mol. The minimum atomic E-state index is -3.98. The van der Waals surface area contributed by atoms with Crippen LogP contribution in [0.1, 0.15) is 0 Å². The molecule has 0 radical (unpaired) electrons. The van der Waals surface area contributed by atoms with Crippen LogP contribution in [0.4, 0.5) is 26.2 Å². The smallest absolute Gasteiger partial charge is 0.308 e. The first-order valence-corrected chi connectivity index (χ1v) is 9.90. The van der Waals surface area contributed by atoms with Gasteiger partial charge in [0, 0.05) is 11.4 Å². The maximum Gasteiger partial charge on any atom is 0.323 e. The molecule has 0 aliphatic heterocycles. The molecule has 0 aliphatic rings. The van der Waals surface area contributed by atoms with Crippen molar-refractivity contribution in [3.05, 3.63) is 83.6 Å². The van der Waals surface area contributed by atoms with Crippen molar-refractivity contribution in [1.82, 2.24) is 0 Å². The van der Waals surface area contributed by atoms with Crippen LogP contribution in [-0.2, 0) is 10.0 Å². The first-order valence-electron chi connectivity index (χ1n) is 8.04. The molecule has 0 fully saturated rings. The van der Waals surface area contributed by atoms with Crippen LogP contribution < -0.4 is 15.4 Å². The Labute approximate surface area is 166 Å². The van der Waals surface area contributed by atoms with Crippen molar-refractivity contribution in [1.29, 1.82) is 0 Å². The zero-order valence-electron chi connectivity index (χ0n) is 14.3. The van der Waals surface area contributed by atoms with Crippen molar-refractivity contribution in [3.63, 3.8) is 0 Å². The summed E-state index contributed by atoms with van der Waals surface area (Å²) in [5.41, 5.74) is 1.22. The van der Waals surface area contributed by atoms with Gasteiger partial charge in [-0.3, -0.25) is 4.72 Å². The molecule has 3 aromatic rings. The summed E-state index contributed by atoms with van der Waals surface area (Å²) in [5.74, 6) is -0.712. The molecule has 3 aromatic carbocycles. The largest absolute Gasteiger partial charge is 0.323 e. The zero-order chi connectivity index (χ0) is 20.1. The molecule has 3 N–H and O–H groups in total. The van der Waals surface area contributed by atoms with Crippen LogP contribution >= 0.6 is 11.6 Å². The highest BCUT2D eigenvalue weighted by Crippen LogP contribution is 2.23. The fourth-order valence-corrected chi connectivity index (χ4v) is 3.65. The van der Waals surface area contributed by atoms with Gasteiger partial charge in [0.15, 0.2) is 0 Å². The number of para-hydroxylation sites is 1. The van der Waals surface area contributed by atoms with E-state index >= 15 is 0 Å². The van der Waals surface area contributed by atoms with Gasteiger partial charge in [-0.15, -0.1) is 0 Å². The average Bonchev–Trinajstić information content (AvgIpc) is 2.64. The zero-order valence-corrected chi connectivity index (χ0v) is 15.9. The van der Waals surface area contributed by atoms with Crippen LogP contribution in [0.2, 0.25) is 5.02 Å². The fourth-order valence-electron chi connectivity index (χ4n) is 2.33. The SMILES string of the molecule is O=C(Nc1ccccc1)Nc1cccc(NS(=O)(=O)c2ccc(F)c(Cl)c2)c1. The Balaban J connectivity index is 1.72. The van der Waals surface area contributed by atoms with Gasteiger partial charge in [-0.1, -0.05) is 35.9 Å². The molecule has 2 amide bonds. The van der Waals surface area contributed by atoms with E-state index in [1.807, 2.05) is 6.07 Å². The summed E-state index contributed by atoms with van der Waals surface area (Å²) in [6, 6.07) is 17.6. The Bertz CT molecular complexity index is 1110. The monoisotopic (exact) mass is 419 g/mol. The summed E-state index contributed by atoms with van der Waals surface area (Å²) in [5, 5.41) is 4.98. The van der Waals surface area contributed by atoms with Gasteiger partial charge in [-0.25, -0.2) is 17.6 Å². The van der Waals surface area contributed by atoms with Gasteiger partial charge in [-0.05, 0) is 48.5 Å². The molecule has 0 aliphatic carbocycles. The molecule has 0 saturated carbocycles. The van der Waals surface area contributed by atoms with Crippen molar-refractivity contribution in [2.24, 2.45) is 0 Å². The Morgan fingerprint density at radius 2 is 1.46 bits per heavy atom. The molecule has 0 saturated heterocycles. The molecule has 0 atom stereocenters. The molecular weight excluding hydrogens is 405 g/mol. The Hall–Kier alpha value is -3.10. The highest BCUT2D eigenvalue weighted by molar-refractivity contribution is 7.92. The number of sulfonamides is 1. The molecule has 0 aromatic heterocycles. The van der Waals surface area contributed by atoms with Crippen molar-refractivity contribution in [3.8, 4) is 0 Å². The Kier molecular flexibility index (Phi) is 5.81. The number of amides is 2. The van der Waals surface area contributed by atoms with Gasteiger partial charge >= 0.3 is 6.03 Å². The van der Waals surface area contributed by atoms with E-state index in [0.717, 1.165) is 18.2 Å². The van der Waals surface area contributed by atoms with Crippen molar-refractivity contribution in [2.45, 2.75) is 4.90 Å². The number of anilines is 3. The number of benzene rings is 3. The van der Waals surface area contributed by atoms with Crippen LogP contribution in [0.3, 0.4) is 0 Å². The van der Waals surface area contributed by atoms with Gasteiger partial charge in [0.1, 0.15) is 5.82 Å². The first-order chi connectivity index (χ1) is 13.3. The predicted octanol–water partition coefficient (Wildman–Crippen LogP) is 4.92. The lowest BCUT2D eigenvalue weighted by molar-refractivity contribution is 0.262. The van der Waals surface area contributed by atoms with Gasteiger partial charge in [0.2, 0.25) is 0 Å². The molecule has 0 heterocycles. The Morgan fingerprint density at radius 3 is 2.18 bits per heavy atom. The second kappa shape index (κ2) is 8.28. The lowest BCUT2D eigenvalue weighted by Crippen LogP contribution is -2.19. The van der Waals surface area contributed by atoms with Crippen LogP contribution in [0.25, 0.3) is 0 Å². The third kappa shape index (κ3) is 4.99. The van der Waals surface area contributed by atoms with Gasteiger partial charge < -0.3 is 10.6 Å². The maximum atomic E-state index is 13.3. The third-order valence-corrected chi connectivity index (χ3v) is 5.27. The second-order valence-corrected chi connectivity index (χ2v) is 7.80. The number of rotatable bonds is 5. The molecule has 0 bridgehead atoms. The van der Waals surface area contributed by atoms with Crippen molar-refractivity contribution >= 4 is 44.7 Å². The van der Waals surface area contributed by atoms with E-state index in [9.17, 15) is 17.6 Å². The number of urea groups is 1. The lowest BCUT2D eigenvalue weighted by atomic mass is 10.3. The quantitative estimate of drug-likeness (QED) is 0.548. The maximum absolute atomic E-state index is 13.3. The van der Waals surface area contributed by atoms with Crippen LogP contribution in [0, 0.1) is 5.82 Å². The summed E-state index contributed by atoms with van der Waals surface area (Å²) in [6.45, 7) is 0. The minimum Gasteiger partial charge on any atom is -0.308 e. The molecule has 3 rings (SSSR count). The van der Waals surface area contributed by atoms with E-state index in [2.05, 4.69) is 15.4 Å². The van der Waals surface area contributed by atoms with Gasteiger partial charge in [0.25, 0.3) is 10.0 Å². The standard InChI is InChI=1S/C19H15ClFN3O3S/c20-17-12-16(9-10-18(17)21)28(26,27)24-15-8-4-7-14(11-15)23-19(25)22-13-5-2-1-3-6-13/h1-12,24H,(H2,22,23,25). The van der Waals surface area contributed by atoms with Crippen LogP contribution in [0.15, 0.2) is 77.7 Å². The van der Waals surface area contributed by atoms with E-state index in [1.54, 1.807) is 36.4 Å². The summed E-state index contributed by atoms with van der Waals surface area (Å²) in [7, 11) is -3.98. The van der Waals surface area contributed by atoms with Crippen LogP contribution in [-0.4, -0.2) is 14.4 Å². The topological polar surface area (TPSA) is 87.3 Å². The van der Waals surface area contributed by atoms with Crippen molar-refractivity contribution in [2.75, 3.05) is 15.4 Å². The number of halogens is 2. The lowest BCUT2D eigenvalue weighted by Gasteiger charge is -2.11. The number of nitrogens with one attached hydrogen (secondary N) is 3. The van der Waals surface area contributed by atoms with E-state index in [0.29, 0.717) is 11.4 Å². The van der Waals surface area contributed by atoms with E-state index in [4.69, 9.17) is 11.6 Å². The summed E-state index contributed by atoms with van der Waals surface area (Å²) in [6.07, 6.45) is 0. The number of hydrogen-bond donors (Lipinski definition) is 3. The summed E-state index contributed by atoms with van der Waals surface area (Å²) >= 11 is 5.65. The van der Waals surface area contributed by atoms with E-state index < -0.39 is 21.9 Å². The molecule has 6 nitrogen and oxygen atoms in total. The molecule has 0 unspecified atom stereocenters. The van der Waals surface area contributed by atoms with Gasteiger partial charge in [0.05, 0.1) is 15.6 Å². The van der Waals surface area contributed by atoms with Crippen LogP contribution in [0.5, 0.6) is 0 Å². The first kappa shape index (κ1) is 19.7.